The normalized spacial score (nSPS) is 12.0. The summed E-state index contributed by atoms with van der Waals surface area (Å²) in [7, 11) is 1.57. The van der Waals surface area contributed by atoms with Crippen LogP contribution in [-0.4, -0.2) is 25.3 Å². The molecule has 0 atom stereocenters. The number of nitrogens with zero attached hydrogens (tertiary/aromatic N) is 4. The number of hydrogen-bond acceptors (Lipinski definition) is 5. The van der Waals surface area contributed by atoms with Gasteiger partial charge in [0.15, 0.2) is 11.2 Å². The molecule has 162 valence electrons. The van der Waals surface area contributed by atoms with Crippen molar-refractivity contribution in [1.82, 2.24) is 19.1 Å². The molecule has 2 aromatic carbocycles. The van der Waals surface area contributed by atoms with Gasteiger partial charge >= 0.3 is 5.69 Å². The second kappa shape index (κ2) is 9.61. The number of H-pyrrole nitrogens is 1. The van der Waals surface area contributed by atoms with Crippen molar-refractivity contribution in [3.63, 3.8) is 0 Å². The van der Waals surface area contributed by atoms with E-state index in [1.54, 1.807) is 17.8 Å². The van der Waals surface area contributed by atoms with E-state index in [1.807, 2.05) is 66.7 Å². The summed E-state index contributed by atoms with van der Waals surface area (Å²) in [5, 5.41) is 4.26. The number of fused-ring (bicyclic) bond motifs is 1. The van der Waals surface area contributed by atoms with Crippen molar-refractivity contribution in [2.45, 2.75) is 13.0 Å². The summed E-state index contributed by atoms with van der Waals surface area (Å²) < 4.78 is 3.82. The number of aromatic nitrogens is 4. The smallest absolute Gasteiger partial charge is 0.303 e. The Kier molecular flexibility index (Phi) is 6.46. The summed E-state index contributed by atoms with van der Waals surface area (Å²) in [6, 6.07) is 19.8. The van der Waals surface area contributed by atoms with E-state index in [4.69, 9.17) is 0 Å². The number of halogens is 1. The zero-order valence-electron chi connectivity index (χ0n) is 17.3. The number of anilines is 1. The molecule has 0 radical (unpaired) electrons. The predicted molar refractivity (Wildman–Crippen MR) is 131 cm³/mol. The van der Waals surface area contributed by atoms with Crippen molar-refractivity contribution in [3.8, 4) is 0 Å². The summed E-state index contributed by atoms with van der Waals surface area (Å²) in [6.45, 7) is 0.487. The average Bonchev–Trinajstić information content (AvgIpc) is 3.16. The first kappa shape index (κ1) is 21.5. The van der Waals surface area contributed by atoms with Gasteiger partial charge in [-0.1, -0.05) is 60.7 Å². The summed E-state index contributed by atoms with van der Waals surface area (Å²) in [5.74, 6) is 0.374. The largest absolute Gasteiger partial charge is 0.329 e. The number of hydrogen-bond donors (Lipinski definition) is 2. The monoisotopic (exact) mass is 492 g/mol. The molecule has 0 spiro atoms. The number of nitrogens with one attached hydrogen (secondary N) is 2. The Hall–Kier alpha value is -3.72. The van der Waals surface area contributed by atoms with Crippen LogP contribution in [0.2, 0.25) is 0 Å². The van der Waals surface area contributed by atoms with Gasteiger partial charge in [0, 0.05) is 18.1 Å². The van der Waals surface area contributed by atoms with Crippen molar-refractivity contribution in [3.05, 3.63) is 97.1 Å². The molecule has 0 saturated heterocycles. The molecular weight excluding hydrogens is 472 g/mol. The molecule has 2 aromatic heterocycles. The molecule has 0 aliphatic heterocycles. The maximum atomic E-state index is 12.6. The number of imidazole rings is 1. The minimum atomic E-state index is -0.515. The number of hydrazone groups is 1. The molecule has 2 N–H and O–H groups in total. The van der Waals surface area contributed by atoms with Crippen molar-refractivity contribution >= 4 is 45.3 Å². The maximum Gasteiger partial charge on any atom is 0.329 e. The van der Waals surface area contributed by atoms with Crippen LogP contribution in [0.5, 0.6) is 0 Å². The molecule has 0 fully saturated rings. The van der Waals surface area contributed by atoms with Gasteiger partial charge < -0.3 is 4.57 Å². The Morgan fingerprint density at radius 2 is 1.81 bits per heavy atom. The van der Waals surface area contributed by atoms with Crippen LogP contribution >= 0.6 is 15.9 Å². The molecule has 4 aromatic rings. The van der Waals surface area contributed by atoms with Crippen LogP contribution in [0, 0.1) is 0 Å². The highest BCUT2D eigenvalue weighted by molar-refractivity contribution is 9.12. The molecule has 0 unspecified atom stereocenters. The van der Waals surface area contributed by atoms with E-state index >= 15 is 0 Å². The Morgan fingerprint density at radius 3 is 2.53 bits per heavy atom. The fourth-order valence-electron chi connectivity index (χ4n) is 3.32. The fraction of sp³-hybridized carbons (Fsp3) is 0.130. The number of aryl methyl sites for hydroxylation is 3. The standard InChI is InChI=1S/C23H21BrN6O2/c1-29-20-19(21(31)27-23(29)32)30(13-12-16-8-4-2-5-9-16)22(26-20)28-25-15-18(24)14-17-10-6-3-7-11-17/h2-11,14-15H,12-13H2,1H3,(H,26,28)(H,27,31,32)/b18-14-,25-15-. The van der Waals surface area contributed by atoms with E-state index in [1.165, 1.54) is 4.57 Å². The Morgan fingerprint density at radius 1 is 1.12 bits per heavy atom. The molecule has 8 nitrogen and oxygen atoms in total. The van der Waals surface area contributed by atoms with Gasteiger partial charge in [-0.05, 0) is 39.6 Å². The third-order valence-electron chi connectivity index (χ3n) is 4.93. The van der Waals surface area contributed by atoms with Gasteiger partial charge in [-0.15, -0.1) is 0 Å². The summed E-state index contributed by atoms with van der Waals surface area (Å²) in [5.41, 5.74) is 4.68. The average molecular weight is 493 g/mol. The lowest BCUT2D eigenvalue weighted by Gasteiger charge is -2.08. The zero-order chi connectivity index (χ0) is 22.5. The summed E-state index contributed by atoms with van der Waals surface area (Å²) >= 11 is 3.48. The number of rotatable bonds is 7. The van der Waals surface area contributed by atoms with Crippen LogP contribution in [-0.2, 0) is 20.0 Å². The van der Waals surface area contributed by atoms with Crippen LogP contribution < -0.4 is 16.7 Å². The molecule has 0 bridgehead atoms. The van der Waals surface area contributed by atoms with Gasteiger partial charge in [0.05, 0.1) is 6.21 Å². The van der Waals surface area contributed by atoms with Crippen molar-refractivity contribution in [1.29, 1.82) is 0 Å². The molecule has 4 rings (SSSR count). The molecule has 0 amide bonds. The maximum absolute atomic E-state index is 12.6. The molecule has 0 aliphatic rings. The van der Waals surface area contributed by atoms with Gasteiger partial charge in [-0.2, -0.15) is 10.1 Å². The molecule has 2 heterocycles. The SMILES string of the molecule is Cn1c(=O)[nH]c(=O)c2c1nc(N/N=C\C(Br)=C\c1ccccc1)n2CCc1ccccc1. The minimum Gasteiger partial charge on any atom is -0.303 e. The fourth-order valence-corrected chi connectivity index (χ4v) is 3.69. The lowest BCUT2D eigenvalue weighted by Crippen LogP contribution is -2.29. The van der Waals surface area contributed by atoms with Gasteiger partial charge in [0.2, 0.25) is 5.95 Å². The van der Waals surface area contributed by atoms with Crippen LogP contribution in [0.25, 0.3) is 17.2 Å². The minimum absolute atomic E-state index is 0.295. The lowest BCUT2D eigenvalue weighted by molar-refractivity contribution is 0.716. The zero-order valence-corrected chi connectivity index (χ0v) is 18.9. The van der Waals surface area contributed by atoms with E-state index in [2.05, 4.69) is 36.4 Å². The third-order valence-corrected chi connectivity index (χ3v) is 5.36. The van der Waals surface area contributed by atoms with Gasteiger partial charge in [0.25, 0.3) is 5.56 Å². The van der Waals surface area contributed by atoms with Crippen LogP contribution in [0.1, 0.15) is 11.1 Å². The second-order valence-electron chi connectivity index (χ2n) is 7.12. The van der Waals surface area contributed by atoms with E-state index in [9.17, 15) is 9.59 Å². The van der Waals surface area contributed by atoms with Crippen molar-refractivity contribution < 1.29 is 0 Å². The van der Waals surface area contributed by atoms with Crippen molar-refractivity contribution in [2.75, 3.05) is 5.43 Å². The topological polar surface area (TPSA) is 97.1 Å². The summed E-state index contributed by atoms with van der Waals surface area (Å²) in [4.78, 5) is 31.4. The van der Waals surface area contributed by atoms with Crippen molar-refractivity contribution in [2.24, 2.45) is 12.1 Å². The molecule has 0 saturated carbocycles. The molecule has 0 aliphatic carbocycles. The first-order valence-electron chi connectivity index (χ1n) is 9.98. The predicted octanol–water partition coefficient (Wildman–Crippen LogP) is 3.50. The van der Waals surface area contributed by atoms with E-state index in [0.717, 1.165) is 15.6 Å². The quantitative estimate of drug-likeness (QED) is 0.304. The van der Waals surface area contributed by atoms with E-state index in [0.29, 0.717) is 30.1 Å². The molecule has 9 heteroatoms. The second-order valence-corrected chi connectivity index (χ2v) is 8.04. The first-order chi connectivity index (χ1) is 15.5. The van der Waals surface area contributed by atoms with Crippen LogP contribution in [0.3, 0.4) is 0 Å². The lowest BCUT2D eigenvalue weighted by atomic mass is 10.1. The highest BCUT2D eigenvalue weighted by Gasteiger charge is 2.17. The van der Waals surface area contributed by atoms with Gasteiger partial charge in [0.1, 0.15) is 0 Å². The number of benzene rings is 2. The Labute approximate surface area is 192 Å². The highest BCUT2D eigenvalue weighted by atomic mass is 79.9. The number of allylic oxidation sites excluding steroid dienone is 1. The van der Waals surface area contributed by atoms with Crippen LogP contribution in [0.4, 0.5) is 5.95 Å². The number of aromatic amines is 1. The van der Waals surface area contributed by atoms with Gasteiger partial charge in [-0.3, -0.25) is 14.3 Å². The molecular formula is C23H21BrN6O2. The van der Waals surface area contributed by atoms with Crippen LogP contribution in [0.15, 0.2) is 79.8 Å². The third kappa shape index (κ3) is 4.78. The highest BCUT2D eigenvalue weighted by Crippen LogP contribution is 2.17. The summed E-state index contributed by atoms with van der Waals surface area (Å²) in [6.07, 6.45) is 4.22. The van der Waals surface area contributed by atoms with Gasteiger partial charge in [-0.25, -0.2) is 10.2 Å². The first-order valence-corrected chi connectivity index (χ1v) is 10.8. The molecule has 32 heavy (non-hydrogen) atoms. The Balaban J connectivity index is 1.65. The Bertz CT molecular complexity index is 1400. The van der Waals surface area contributed by atoms with E-state index in [-0.39, 0.29) is 0 Å². The van der Waals surface area contributed by atoms with E-state index < -0.39 is 11.2 Å².